The van der Waals surface area contributed by atoms with E-state index < -0.39 is 17.5 Å². The number of nitrogens with one attached hydrogen (secondary N) is 1. The monoisotopic (exact) mass is 240 g/mol. The Kier molecular flexibility index (Phi) is 3.38. The van der Waals surface area contributed by atoms with Crippen molar-refractivity contribution in [3.63, 3.8) is 0 Å². The quantitative estimate of drug-likeness (QED) is 0.823. The van der Waals surface area contributed by atoms with Crippen LogP contribution >= 0.6 is 0 Å². The van der Waals surface area contributed by atoms with Gasteiger partial charge in [0, 0.05) is 0 Å². The minimum Gasteiger partial charge on any atom is -0.366 e. The number of piperidine rings is 1. The number of carbonyl (C=O) groups is 1. The van der Waals surface area contributed by atoms with E-state index in [0.717, 1.165) is 38.1 Å². The van der Waals surface area contributed by atoms with Crippen molar-refractivity contribution in [2.24, 2.45) is 5.73 Å². The van der Waals surface area contributed by atoms with E-state index in [1.807, 2.05) is 0 Å². The third-order valence-electron chi connectivity index (χ3n) is 3.13. The van der Waals surface area contributed by atoms with Crippen molar-refractivity contribution in [3.8, 4) is 0 Å². The molecule has 1 heterocycles. The van der Waals surface area contributed by atoms with Gasteiger partial charge in [-0.2, -0.15) is 0 Å². The minimum atomic E-state index is -0.946. The molecule has 0 saturated carbocycles. The van der Waals surface area contributed by atoms with Gasteiger partial charge in [0.25, 0.3) is 5.91 Å². The predicted molar refractivity (Wildman–Crippen MR) is 59.7 cm³/mol. The second-order valence-electron chi connectivity index (χ2n) is 4.24. The van der Waals surface area contributed by atoms with Crippen LogP contribution in [0.1, 0.15) is 34.7 Å². The van der Waals surface area contributed by atoms with Crippen molar-refractivity contribution in [2.45, 2.75) is 18.8 Å². The summed E-state index contributed by atoms with van der Waals surface area (Å²) < 4.78 is 27.3. The van der Waals surface area contributed by atoms with Crippen molar-refractivity contribution < 1.29 is 13.6 Å². The zero-order valence-corrected chi connectivity index (χ0v) is 9.30. The summed E-state index contributed by atoms with van der Waals surface area (Å²) >= 11 is 0. The summed E-state index contributed by atoms with van der Waals surface area (Å²) in [6, 6.07) is 2.00. The van der Waals surface area contributed by atoms with Gasteiger partial charge < -0.3 is 11.1 Å². The molecule has 0 spiro atoms. The lowest BCUT2D eigenvalue weighted by molar-refractivity contribution is 0.0996. The van der Waals surface area contributed by atoms with Gasteiger partial charge in [0.05, 0.1) is 5.56 Å². The lowest BCUT2D eigenvalue weighted by atomic mass is 9.89. The van der Waals surface area contributed by atoms with E-state index in [9.17, 15) is 13.6 Å². The zero-order valence-electron chi connectivity index (χ0n) is 9.30. The summed E-state index contributed by atoms with van der Waals surface area (Å²) in [4.78, 5) is 10.9. The number of benzene rings is 1. The highest BCUT2D eigenvalue weighted by Gasteiger charge is 2.21. The zero-order chi connectivity index (χ0) is 12.4. The Morgan fingerprint density at radius 2 is 1.88 bits per heavy atom. The Hall–Kier alpha value is -1.49. The van der Waals surface area contributed by atoms with Crippen LogP contribution in [0.15, 0.2) is 12.1 Å². The molecule has 17 heavy (non-hydrogen) atoms. The molecule has 5 heteroatoms. The number of primary amides is 1. The molecular weight excluding hydrogens is 226 g/mol. The number of carbonyl (C=O) groups excluding carboxylic acids is 1. The number of rotatable bonds is 2. The second-order valence-corrected chi connectivity index (χ2v) is 4.24. The molecule has 1 aliphatic rings. The number of halogens is 2. The Labute approximate surface area is 98.0 Å². The van der Waals surface area contributed by atoms with Gasteiger partial charge in [-0.05, 0) is 49.5 Å². The molecule has 1 fully saturated rings. The van der Waals surface area contributed by atoms with Gasteiger partial charge in [-0.25, -0.2) is 8.78 Å². The highest BCUT2D eigenvalue weighted by molar-refractivity contribution is 5.93. The van der Waals surface area contributed by atoms with E-state index in [1.54, 1.807) is 0 Å². The Morgan fingerprint density at radius 1 is 1.24 bits per heavy atom. The largest absolute Gasteiger partial charge is 0.366 e. The van der Waals surface area contributed by atoms with Crippen molar-refractivity contribution in [1.82, 2.24) is 5.32 Å². The molecule has 0 atom stereocenters. The van der Waals surface area contributed by atoms with Crippen LogP contribution in [-0.2, 0) is 0 Å². The van der Waals surface area contributed by atoms with Gasteiger partial charge in [-0.1, -0.05) is 0 Å². The van der Waals surface area contributed by atoms with Crippen LogP contribution in [0, 0.1) is 11.6 Å². The smallest absolute Gasteiger partial charge is 0.251 e. The number of hydrogen-bond donors (Lipinski definition) is 2. The van der Waals surface area contributed by atoms with Crippen LogP contribution < -0.4 is 11.1 Å². The lowest BCUT2D eigenvalue weighted by Crippen LogP contribution is -2.27. The molecular formula is C12H14F2N2O. The summed E-state index contributed by atoms with van der Waals surface area (Å²) in [6.07, 6.45) is 1.54. The molecule has 1 amide bonds. The Morgan fingerprint density at radius 3 is 2.47 bits per heavy atom. The normalized spacial score (nSPS) is 17.1. The molecule has 2 rings (SSSR count). The third kappa shape index (κ3) is 2.44. The second kappa shape index (κ2) is 4.79. The van der Waals surface area contributed by atoms with Crippen LogP contribution in [-0.4, -0.2) is 19.0 Å². The van der Waals surface area contributed by atoms with Crippen LogP contribution in [0.4, 0.5) is 8.78 Å². The molecule has 0 radical (unpaired) electrons. The van der Waals surface area contributed by atoms with Crippen LogP contribution in [0.2, 0.25) is 0 Å². The van der Waals surface area contributed by atoms with Crippen LogP contribution in [0.25, 0.3) is 0 Å². The molecule has 92 valence electrons. The summed E-state index contributed by atoms with van der Waals surface area (Å²) in [5.74, 6) is -2.23. The van der Waals surface area contributed by atoms with Crippen molar-refractivity contribution in [1.29, 1.82) is 0 Å². The van der Waals surface area contributed by atoms with Crippen LogP contribution in [0.5, 0.6) is 0 Å². The number of hydrogen-bond acceptors (Lipinski definition) is 2. The predicted octanol–water partition coefficient (Wildman–Crippen LogP) is 1.53. The third-order valence-corrected chi connectivity index (χ3v) is 3.13. The molecule has 3 nitrogen and oxygen atoms in total. The summed E-state index contributed by atoms with van der Waals surface area (Å²) in [6.45, 7) is 1.59. The van der Waals surface area contributed by atoms with Crippen LogP contribution in [0.3, 0.4) is 0 Å². The molecule has 0 aromatic heterocycles. The van der Waals surface area contributed by atoms with Crippen molar-refractivity contribution >= 4 is 5.91 Å². The summed E-state index contributed by atoms with van der Waals surface area (Å²) in [5, 5.41) is 3.16. The minimum absolute atomic E-state index is 0.00711. The van der Waals surface area contributed by atoms with Gasteiger partial charge in [0.1, 0.15) is 11.6 Å². The van der Waals surface area contributed by atoms with Gasteiger partial charge in [-0.3, -0.25) is 4.79 Å². The topological polar surface area (TPSA) is 55.1 Å². The molecule has 1 saturated heterocycles. The SMILES string of the molecule is NC(=O)c1cc(F)c(C2CCNCC2)cc1F. The van der Waals surface area contributed by atoms with Gasteiger partial charge in [-0.15, -0.1) is 0 Å². The summed E-state index contributed by atoms with van der Waals surface area (Å²) in [5.41, 5.74) is 4.91. The lowest BCUT2D eigenvalue weighted by Gasteiger charge is -2.23. The van der Waals surface area contributed by atoms with Crippen molar-refractivity contribution in [2.75, 3.05) is 13.1 Å². The molecule has 1 aromatic rings. The van der Waals surface area contributed by atoms with E-state index in [1.165, 1.54) is 0 Å². The molecule has 1 aromatic carbocycles. The van der Waals surface area contributed by atoms with Gasteiger partial charge in [0.2, 0.25) is 0 Å². The molecule has 0 bridgehead atoms. The maximum Gasteiger partial charge on any atom is 0.251 e. The molecule has 3 N–H and O–H groups in total. The van der Waals surface area contributed by atoms with E-state index >= 15 is 0 Å². The fourth-order valence-corrected chi connectivity index (χ4v) is 2.20. The first kappa shape index (κ1) is 12.0. The first-order chi connectivity index (χ1) is 8.09. The van der Waals surface area contributed by atoms with E-state index in [0.29, 0.717) is 5.56 Å². The van der Waals surface area contributed by atoms with Gasteiger partial charge in [0.15, 0.2) is 0 Å². The highest BCUT2D eigenvalue weighted by atomic mass is 19.1. The maximum atomic E-state index is 13.8. The van der Waals surface area contributed by atoms with E-state index in [2.05, 4.69) is 5.32 Å². The number of nitrogens with two attached hydrogens (primary N) is 1. The Bertz CT molecular complexity index is 442. The maximum absolute atomic E-state index is 13.8. The first-order valence-corrected chi connectivity index (χ1v) is 5.59. The standard InChI is InChI=1S/C12H14F2N2O/c13-10-6-9(12(15)17)11(14)5-8(10)7-1-3-16-4-2-7/h5-7,16H,1-4H2,(H2,15,17). The molecule has 1 aliphatic heterocycles. The van der Waals surface area contributed by atoms with E-state index in [4.69, 9.17) is 5.73 Å². The fourth-order valence-electron chi connectivity index (χ4n) is 2.20. The average Bonchev–Trinajstić information content (AvgIpc) is 2.32. The van der Waals surface area contributed by atoms with E-state index in [-0.39, 0.29) is 11.5 Å². The van der Waals surface area contributed by atoms with Crippen molar-refractivity contribution in [3.05, 3.63) is 34.9 Å². The molecule has 0 unspecified atom stereocenters. The molecule has 0 aliphatic carbocycles. The Balaban J connectivity index is 2.35. The van der Waals surface area contributed by atoms with Gasteiger partial charge >= 0.3 is 0 Å². The highest BCUT2D eigenvalue weighted by Crippen LogP contribution is 2.29. The summed E-state index contributed by atoms with van der Waals surface area (Å²) in [7, 11) is 0. The average molecular weight is 240 g/mol. The fraction of sp³-hybridized carbons (Fsp3) is 0.417. The first-order valence-electron chi connectivity index (χ1n) is 5.59. The number of amides is 1.